The fraction of sp³-hybridized carbons (Fsp3) is 0.905. The van der Waals surface area contributed by atoms with E-state index in [0.717, 1.165) is 20.0 Å². The van der Waals surface area contributed by atoms with E-state index >= 15 is 0 Å². The van der Waals surface area contributed by atoms with Crippen LogP contribution in [0.5, 0.6) is 0 Å². The molecule has 3 N–H and O–H groups in total. The number of carbonyl (C=O) groups excluding carboxylic acids is 2. The molecule has 2 aliphatic heterocycles. The largest absolute Gasteiger partial charge is 0.780 e. The van der Waals surface area contributed by atoms with E-state index in [4.69, 9.17) is 31.1 Å². The van der Waals surface area contributed by atoms with Gasteiger partial charge in [-0.15, -0.1) is 0 Å². The van der Waals surface area contributed by atoms with Crippen molar-refractivity contribution in [1.82, 2.24) is 9.80 Å². The van der Waals surface area contributed by atoms with E-state index in [9.17, 15) is 29.0 Å². The molecule has 2 fully saturated rings. The fourth-order valence-electron chi connectivity index (χ4n) is 4.50. The number of aliphatic hydroxyl groups excluding tert-OH is 1. The van der Waals surface area contributed by atoms with Crippen LogP contribution in [-0.2, 0) is 44.1 Å². The minimum atomic E-state index is -4.84. The van der Waals surface area contributed by atoms with Crippen molar-refractivity contribution in [1.29, 1.82) is 0 Å². The van der Waals surface area contributed by atoms with Crippen molar-refractivity contribution in [2.24, 2.45) is 5.73 Å². The minimum absolute atomic E-state index is 0.0372. The molecule has 0 radical (unpaired) electrons. The highest BCUT2D eigenvalue weighted by molar-refractivity contribution is 8.06. The maximum Gasteiger partial charge on any atom is 0.268 e. The van der Waals surface area contributed by atoms with Crippen LogP contribution in [0.15, 0.2) is 0 Å². The molecule has 0 aromatic rings. The molecule has 6 atom stereocenters. The Balaban J connectivity index is 1.97. The Bertz CT molecular complexity index is 873. The number of nitrogens with two attached hydrogens (primary N) is 1. The van der Waals surface area contributed by atoms with Gasteiger partial charge in [0.1, 0.15) is 6.72 Å². The quantitative estimate of drug-likeness (QED) is 0.112. The Kier molecular flexibility index (Phi) is 14.6. The summed E-state index contributed by atoms with van der Waals surface area (Å²) < 4.78 is 32.9. The van der Waals surface area contributed by atoms with Crippen LogP contribution < -0.4 is 15.5 Å². The van der Waals surface area contributed by atoms with Crippen LogP contribution in [0, 0.1) is 0 Å². The number of likely N-dealkylation sites (tertiary alicyclic amines) is 2. The number of unbranched alkanes of at least 4 members (excludes halogenated alkanes) is 2. The summed E-state index contributed by atoms with van der Waals surface area (Å²) in [5, 5.41) is 10.00. The molecular formula is C21H39N3O10P2S2-2. The van der Waals surface area contributed by atoms with Crippen molar-refractivity contribution in [2.75, 3.05) is 45.7 Å². The topological polar surface area (TPSA) is 187 Å². The summed E-state index contributed by atoms with van der Waals surface area (Å²) >= 11 is 8.84. The number of rotatable bonds is 17. The smallest absolute Gasteiger partial charge is 0.268 e. The Morgan fingerprint density at radius 2 is 1.63 bits per heavy atom. The molecule has 0 aliphatic carbocycles. The first kappa shape index (κ1) is 34.1. The van der Waals surface area contributed by atoms with Crippen molar-refractivity contribution in [3.63, 3.8) is 0 Å². The molecule has 2 aliphatic rings. The third-order valence-electron chi connectivity index (χ3n) is 6.40. The first-order valence-corrected chi connectivity index (χ1v) is 17.3. The Morgan fingerprint density at radius 3 is 2.26 bits per heavy atom. The maximum atomic E-state index is 12.8. The summed E-state index contributed by atoms with van der Waals surface area (Å²) in [7, 11) is -3.69. The van der Waals surface area contributed by atoms with Gasteiger partial charge < -0.3 is 48.5 Å². The van der Waals surface area contributed by atoms with E-state index in [1.165, 1.54) is 9.80 Å². The average molecular weight is 620 g/mol. The highest BCUT2D eigenvalue weighted by Gasteiger charge is 2.39. The lowest BCUT2D eigenvalue weighted by molar-refractivity contribution is -0.230. The van der Waals surface area contributed by atoms with Crippen molar-refractivity contribution in [2.45, 2.75) is 75.7 Å². The van der Waals surface area contributed by atoms with E-state index in [-0.39, 0.29) is 63.8 Å². The molecule has 0 bridgehead atoms. The summed E-state index contributed by atoms with van der Waals surface area (Å²) in [6, 6.07) is -1.24. The number of hydrogen-bond donors (Lipinski definition) is 3. The summed E-state index contributed by atoms with van der Waals surface area (Å²) in [6.07, 6.45) is 1.76. The molecule has 222 valence electrons. The van der Waals surface area contributed by atoms with Gasteiger partial charge in [-0.1, -0.05) is 18.2 Å². The van der Waals surface area contributed by atoms with Gasteiger partial charge in [-0.25, -0.2) is 0 Å². The molecule has 3 unspecified atom stereocenters. The molecule has 38 heavy (non-hydrogen) atoms. The monoisotopic (exact) mass is 619 g/mol. The first-order chi connectivity index (χ1) is 17.9. The van der Waals surface area contributed by atoms with Crippen LogP contribution in [-0.4, -0.2) is 96.7 Å². The van der Waals surface area contributed by atoms with E-state index in [1.807, 2.05) is 0 Å². The van der Waals surface area contributed by atoms with Crippen LogP contribution in [0.1, 0.15) is 51.4 Å². The zero-order valence-electron chi connectivity index (χ0n) is 21.6. The molecule has 2 rings (SSSR count). The third-order valence-corrected chi connectivity index (χ3v) is 9.42. The van der Waals surface area contributed by atoms with Crippen molar-refractivity contribution in [3.05, 3.63) is 0 Å². The lowest BCUT2D eigenvalue weighted by Crippen LogP contribution is -2.39. The highest BCUT2D eigenvalue weighted by Crippen LogP contribution is 2.44. The van der Waals surface area contributed by atoms with Gasteiger partial charge >= 0.3 is 0 Å². The van der Waals surface area contributed by atoms with Crippen LogP contribution in [0.3, 0.4) is 0 Å². The van der Waals surface area contributed by atoms with Crippen LogP contribution in [0.4, 0.5) is 0 Å². The van der Waals surface area contributed by atoms with Gasteiger partial charge in [0, 0.05) is 33.0 Å². The van der Waals surface area contributed by atoms with Gasteiger partial charge in [-0.3, -0.25) is 14.2 Å². The number of phosphoric acid groups is 1. The first-order valence-electron chi connectivity index (χ1n) is 12.6. The molecule has 0 saturated carbocycles. The molecule has 0 aromatic carbocycles. The highest BCUT2D eigenvalue weighted by atomic mass is 32.5. The number of phosphoric ester groups is 1. The zero-order chi connectivity index (χ0) is 28.3. The second-order valence-electron chi connectivity index (χ2n) is 9.35. The molecule has 13 nitrogen and oxygen atoms in total. The van der Waals surface area contributed by atoms with Gasteiger partial charge in [0.2, 0.25) is 11.8 Å². The SMILES string of the molecule is COP([O-])(=S)OC[C@@H]1CC(OP(=O)([O-])OC[C@@H]2C[C@@H](O)CN2C(=O)CCCS)CN1C(=O)CCCCCN. The van der Waals surface area contributed by atoms with Crippen molar-refractivity contribution >= 4 is 50.8 Å². The Hall–Kier alpha value is -0.150. The van der Waals surface area contributed by atoms with E-state index in [2.05, 4.69) is 17.2 Å². The number of amides is 2. The van der Waals surface area contributed by atoms with E-state index in [1.54, 1.807) is 0 Å². The van der Waals surface area contributed by atoms with Gasteiger partial charge in [0.05, 0.1) is 37.5 Å². The summed E-state index contributed by atoms with van der Waals surface area (Å²) in [5.41, 5.74) is 5.49. The number of hydrogen-bond acceptors (Lipinski definition) is 13. The molecule has 2 saturated heterocycles. The second-order valence-corrected chi connectivity index (χ2v) is 14.0. The van der Waals surface area contributed by atoms with E-state index in [0.29, 0.717) is 25.1 Å². The molecule has 2 heterocycles. The number of nitrogens with zero attached hydrogens (tertiary/aromatic N) is 2. The van der Waals surface area contributed by atoms with Crippen molar-refractivity contribution in [3.8, 4) is 0 Å². The molecule has 0 spiro atoms. The summed E-state index contributed by atoms with van der Waals surface area (Å²) in [6.45, 7) is -3.72. The van der Waals surface area contributed by atoms with Crippen LogP contribution in [0.25, 0.3) is 0 Å². The van der Waals surface area contributed by atoms with Gasteiger partial charge in [0.25, 0.3) is 7.82 Å². The van der Waals surface area contributed by atoms with Gasteiger partial charge in [0.15, 0.2) is 0 Å². The predicted octanol–water partition coefficient (Wildman–Crippen LogP) is -0.104. The third kappa shape index (κ3) is 11.4. The number of carbonyl (C=O) groups is 2. The second kappa shape index (κ2) is 16.3. The van der Waals surface area contributed by atoms with E-state index < -0.39 is 38.8 Å². The van der Waals surface area contributed by atoms with Crippen molar-refractivity contribution < 1.29 is 47.1 Å². The average Bonchev–Trinajstić information content (AvgIpc) is 3.45. The fourth-order valence-corrected chi connectivity index (χ4v) is 6.24. The molecule has 17 heteroatoms. The summed E-state index contributed by atoms with van der Waals surface area (Å²) in [4.78, 5) is 52.8. The van der Waals surface area contributed by atoms with Crippen LogP contribution >= 0.6 is 27.2 Å². The number of thiol groups is 1. The Morgan fingerprint density at radius 1 is 1.03 bits per heavy atom. The van der Waals surface area contributed by atoms with Gasteiger partial charge in [-0.2, -0.15) is 12.6 Å². The Labute approximate surface area is 234 Å². The molecule has 2 amide bonds. The van der Waals surface area contributed by atoms with Gasteiger partial charge in [-0.05, 0) is 44.4 Å². The molecular weight excluding hydrogens is 580 g/mol. The zero-order valence-corrected chi connectivity index (χ0v) is 25.1. The lowest BCUT2D eigenvalue weighted by atomic mass is 10.1. The molecule has 0 aromatic heterocycles. The number of aliphatic hydroxyl groups is 1. The minimum Gasteiger partial charge on any atom is -0.780 e. The number of β-amino-alcohol motifs (C(OH)–C–C–N with tert-alkyl or cyclic N) is 1. The predicted molar refractivity (Wildman–Crippen MR) is 143 cm³/mol. The van der Waals surface area contributed by atoms with Crippen LogP contribution in [0.2, 0.25) is 0 Å². The maximum absolute atomic E-state index is 12.8. The summed E-state index contributed by atoms with van der Waals surface area (Å²) in [5.74, 6) is 0.0960. The normalized spacial score (nSPS) is 26.9. The standard InChI is InChI=1S/C21H41N3O10P2S2/c1-31-36(30,38)33-15-17-11-19(13-24(17)20(26)6-3-2-4-8-22)34-35(28,29)32-14-16-10-18(25)12-23(16)21(27)7-5-9-37/h16-19,25,37H,2-15,22H2,1H3,(H,28,29)(H,30,38)/p-2/t16-,17-,18+,19?,36?/m0/s1. The lowest BCUT2D eigenvalue weighted by Gasteiger charge is -2.30.